The van der Waals surface area contributed by atoms with E-state index in [0.717, 1.165) is 25.9 Å². The number of halogens is 2. The largest absolute Gasteiger partial charge is 0.342 e. The molecule has 0 N–H and O–H groups in total. The zero-order valence-electron chi connectivity index (χ0n) is 16.7. The van der Waals surface area contributed by atoms with Gasteiger partial charge in [-0.2, -0.15) is 8.78 Å². The van der Waals surface area contributed by atoms with Crippen LogP contribution in [0.5, 0.6) is 0 Å². The number of imidazole rings is 1. The number of benzene rings is 1. The first-order valence-electron chi connectivity index (χ1n) is 10.2. The Morgan fingerprint density at radius 2 is 1.57 bits per heavy atom. The van der Waals surface area contributed by atoms with Crippen LogP contribution in [0.4, 0.5) is 8.78 Å². The van der Waals surface area contributed by atoms with Crippen LogP contribution in [0.1, 0.15) is 12.8 Å². The quantitative estimate of drug-likeness (QED) is 0.648. The minimum atomic E-state index is -2.60. The van der Waals surface area contributed by atoms with E-state index in [2.05, 4.69) is 9.88 Å². The number of aromatic nitrogens is 2. The van der Waals surface area contributed by atoms with Gasteiger partial charge in [0.05, 0.1) is 17.6 Å². The van der Waals surface area contributed by atoms with Crippen LogP contribution in [-0.4, -0.2) is 87.6 Å². The van der Waals surface area contributed by atoms with Gasteiger partial charge in [0.15, 0.2) is 5.16 Å². The molecule has 2 aromatic rings. The van der Waals surface area contributed by atoms with Crippen LogP contribution in [0, 0.1) is 0 Å². The average Bonchev–Trinajstić information content (AvgIpc) is 3.37. The number of likely N-dealkylation sites (tertiary alicyclic amines) is 1. The molecule has 30 heavy (non-hydrogen) atoms. The lowest BCUT2D eigenvalue weighted by Gasteiger charge is -2.35. The maximum Gasteiger partial charge on any atom is 0.291 e. The van der Waals surface area contributed by atoms with E-state index in [-0.39, 0.29) is 23.5 Å². The summed E-state index contributed by atoms with van der Waals surface area (Å²) in [5.74, 6) is -2.57. The van der Waals surface area contributed by atoms with Crippen molar-refractivity contribution in [3.63, 3.8) is 0 Å². The Bertz CT molecular complexity index is 908. The predicted molar refractivity (Wildman–Crippen MR) is 110 cm³/mol. The molecule has 2 aliphatic rings. The molecule has 0 spiro atoms. The molecule has 0 atom stereocenters. The number of carbonyl (C=O) groups excluding carboxylic acids is 2. The smallest absolute Gasteiger partial charge is 0.291 e. The second-order valence-corrected chi connectivity index (χ2v) is 8.55. The lowest BCUT2D eigenvalue weighted by atomic mass is 10.3. The molecule has 7 nitrogen and oxygen atoms in total. The molecule has 10 heteroatoms. The predicted octanol–water partition coefficient (Wildman–Crippen LogP) is 2.12. The summed E-state index contributed by atoms with van der Waals surface area (Å²) in [4.78, 5) is 35.2. The molecule has 162 valence electrons. The number of fused-ring (bicyclic) bond motifs is 1. The minimum Gasteiger partial charge on any atom is -0.342 e. The Hall–Kier alpha value is -2.20. The second kappa shape index (κ2) is 9.30. The summed E-state index contributed by atoms with van der Waals surface area (Å²) in [7, 11) is 0. The summed E-state index contributed by atoms with van der Waals surface area (Å²) in [5, 5.41) is 0.148. The standard InChI is InChI=1S/C20H25F2N5O2S/c21-19(22)30-20-23-15-5-1-2-6-16(15)27(20)14-18(29)26-11-9-24(10-12-26)13-17(28)25-7-3-4-8-25/h1-2,5-6,19H,3-4,7-14H2. The maximum atomic E-state index is 13.0. The van der Waals surface area contributed by atoms with Gasteiger partial charge in [-0.05, 0) is 36.7 Å². The summed E-state index contributed by atoms with van der Waals surface area (Å²) in [6.45, 7) is 4.37. The minimum absolute atomic E-state index is 0.0255. The summed E-state index contributed by atoms with van der Waals surface area (Å²) >= 11 is 0.356. The molecule has 4 rings (SSSR count). The molecule has 1 aromatic heterocycles. The SMILES string of the molecule is O=C(CN1CCN(C(=O)Cn2c(SC(F)F)nc3ccccc32)CC1)N1CCCC1. The molecule has 1 aromatic carbocycles. The average molecular weight is 438 g/mol. The van der Waals surface area contributed by atoms with Crippen LogP contribution in [-0.2, 0) is 16.1 Å². The van der Waals surface area contributed by atoms with Crippen molar-refractivity contribution < 1.29 is 18.4 Å². The fourth-order valence-corrected chi connectivity index (χ4v) is 4.62. The third kappa shape index (κ3) is 4.75. The maximum absolute atomic E-state index is 13.0. The van der Waals surface area contributed by atoms with Crippen molar-refractivity contribution in [3.05, 3.63) is 24.3 Å². The van der Waals surface area contributed by atoms with Crippen molar-refractivity contribution in [1.82, 2.24) is 24.3 Å². The highest BCUT2D eigenvalue weighted by atomic mass is 32.2. The summed E-state index contributed by atoms with van der Waals surface area (Å²) < 4.78 is 27.5. The zero-order valence-corrected chi connectivity index (χ0v) is 17.5. The lowest BCUT2D eigenvalue weighted by molar-refractivity contribution is -0.135. The van der Waals surface area contributed by atoms with E-state index < -0.39 is 5.76 Å². The van der Waals surface area contributed by atoms with E-state index >= 15 is 0 Å². The van der Waals surface area contributed by atoms with Gasteiger partial charge in [0.1, 0.15) is 6.54 Å². The first-order valence-corrected chi connectivity index (χ1v) is 11.1. The van der Waals surface area contributed by atoms with E-state index in [1.807, 2.05) is 4.90 Å². The molecule has 2 saturated heterocycles. The highest BCUT2D eigenvalue weighted by molar-refractivity contribution is 7.99. The Morgan fingerprint density at radius 1 is 0.933 bits per heavy atom. The number of rotatable bonds is 6. The van der Waals surface area contributed by atoms with Crippen LogP contribution in [0.3, 0.4) is 0 Å². The Kier molecular flexibility index (Phi) is 6.52. The Morgan fingerprint density at radius 3 is 2.27 bits per heavy atom. The van der Waals surface area contributed by atoms with Gasteiger partial charge < -0.3 is 14.4 Å². The third-order valence-electron chi connectivity index (χ3n) is 5.65. The van der Waals surface area contributed by atoms with Crippen LogP contribution in [0.25, 0.3) is 11.0 Å². The van der Waals surface area contributed by atoms with Crippen molar-refractivity contribution in [2.75, 3.05) is 45.8 Å². The number of alkyl halides is 2. The number of para-hydroxylation sites is 2. The highest BCUT2D eigenvalue weighted by Gasteiger charge is 2.26. The number of carbonyl (C=O) groups is 2. The fourth-order valence-electron chi connectivity index (χ4n) is 4.02. The van der Waals surface area contributed by atoms with Gasteiger partial charge in [-0.1, -0.05) is 12.1 Å². The number of nitrogens with zero attached hydrogens (tertiary/aromatic N) is 5. The molecule has 2 fully saturated rings. The summed E-state index contributed by atoms with van der Waals surface area (Å²) in [6, 6.07) is 7.13. The van der Waals surface area contributed by atoms with Gasteiger partial charge in [0.2, 0.25) is 11.8 Å². The molecule has 0 bridgehead atoms. The molecule has 2 amide bonds. The van der Waals surface area contributed by atoms with Gasteiger partial charge in [0.25, 0.3) is 5.76 Å². The number of amides is 2. The monoisotopic (exact) mass is 437 g/mol. The van der Waals surface area contributed by atoms with Gasteiger partial charge in [-0.3, -0.25) is 14.5 Å². The van der Waals surface area contributed by atoms with E-state index in [4.69, 9.17) is 0 Å². The van der Waals surface area contributed by atoms with Crippen LogP contribution < -0.4 is 0 Å². The second-order valence-electron chi connectivity index (χ2n) is 7.59. The highest BCUT2D eigenvalue weighted by Crippen LogP contribution is 2.28. The van der Waals surface area contributed by atoms with Crippen molar-refractivity contribution in [1.29, 1.82) is 0 Å². The van der Waals surface area contributed by atoms with Crippen LogP contribution >= 0.6 is 11.8 Å². The van der Waals surface area contributed by atoms with Gasteiger partial charge in [0, 0.05) is 39.3 Å². The number of thioether (sulfide) groups is 1. The molecule has 0 saturated carbocycles. The van der Waals surface area contributed by atoms with Crippen LogP contribution in [0.2, 0.25) is 0 Å². The molecule has 0 unspecified atom stereocenters. The van der Waals surface area contributed by atoms with E-state index in [1.54, 1.807) is 33.7 Å². The van der Waals surface area contributed by atoms with Crippen molar-refractivity contribution >= 4 is 34.6 Å². The number of hydrogen-bond acceptors (Lipinski definition) is 5. The topological polar surface area (TPSA) is 61.7 Å². The van der Waals surface area contributed by atoms with E-state index in [1.165, 1.54) is 0 Å². The Balaban J connectivity index is 1.36. The van der Waals surface area contributed by atoms with E-state index in [0.29, 0.717) is 55.5 Å². The van der Waals surface area contributed by atoms with Crippen molar-refractivity contribution in [3.8, 4) is 0 Å². The van der Waals surface area contributed by atoms with Gasteiger partial charge >= 0.3 is 0 Å². The van der Waals surface area contributed by atoms with Crippen molar-refractivity contribution in [2.24, 2.45) is 0 Å². The van der Waals surface area contributed by atoms with Gasteiger partial charge in [-0.25, -0.2) is 4.98 Å². The van der Waals surface area contributed by atoms with Crippen molar-refractivity contribution in [2.45, 2.75) is 30.3 Å². The van der Waals surface area contributed by atoms with E-state index in [9.17, 15) is 18.4 Å². The van der Waals surface area contributed by atoms with Crippen LogP contribution in [0.15, 0.2) is 29.4 Å². The van der Waals surface area contributed by atoms with Gasteiger partial charge in [-0.15, -0.1) is 0 Å². The molecular weight excluding hydrogens is 412 g/mol. The summed E-state index contributed by atoms with van der Waals surface area (Å²) in [5.41, 5.74) is 1.27. The molecule has 0 radical (unpaired) electrons. The molecule has 3 heterocycles. The Labute approximate surface area is 178 Å². The number of hydrogen-bond donors (Lipinski definition) is 0. The summed E-state index contributed by atoms with van der Waals surface area (Å²) in [6.07, 6.45) is 2.14. The molecule has 2 aliphatic heterocycles. The molecular formula is C20H25F2N5O2S. The normalized spacial score (nSPS) is 18.0. The lowest BCUT2D eigenvalue weighted by Crippen LogP contribution is -2.52. The first kappa shape index (κ1) is 21.0. The fraction of sp³-hybridized carbons (Fsp3) is 0.550. The zero-order chi connectivity index (χ0) is 21.1. The number of piperazine rings is 1. The first-order chi connectivity index (χ1) is 14.5. The molecule has 0 aliphatic carbocycles. The third-order valence-corrected chi connectivity index (χ3v) is 6.35.